The molecule has 80 valence electrons. The monoisotopic (exact) mass is 233 g/mol. The molecule has 2 aromatic rings. The molecule has 5 nitrogen and oxygen atoms in total. The van der Waals surface area contributed by atoms with Crippen LogP contribution in [0.4, 0.5) is 5.69 Å². The summed E-state index contributed by atoms with van der Waals surface area (Å²) in [4.78, 5) is 3.80. The van der Waals surface area contributed by atoms with Gasteiger partial charge in [-0.25, -0.2) is 9.67 Å². The summed E-state index contributed by atoms with van der Waals surface area (Å²) in [6.45, 7) is 0.510. The molecule has 0 atom stereocenters. The molecule has 0 unspecified atom stereocenters. The number of aromatic nitrogens is 3. The lowest BCUT2D eigenvalue weighted by atomic mass is 10.2. The van der Waals surface area contributed by atoms with Gasteiger partial charge in [-0.05, 0) is 17.7 Å². The van der Waals surface area contributed by atoms with E-state index in [-0.39, 0.29) is 5.82 Å². The van der Waals surface area contributed by atoms with E-state index in [0.29, 0.717) is 17.3 Å². The van der Waals surface area contributed by atoms with Crippen molar-refractivity contribution in [2.24, 2.45) is 0 Å². The molecule has 1 aromatic heterocycles. The molecule has 6 heteroatoms. The summed E-state index contributed by atoms with van der Waals surface area (Å²) in [5.41, 5.74) is 7.16. The largest absolute Gasteiger partial charge is 0.398 e. The molecule has 0 aliphatic heterocycles. The lowest BCUT2D eigenvalue weighted by Crippen LogP contribution is -2.01. The number of nitriles is 1. The van der Waals surface area contributed by atoms with E-state index >= 15 is 0 Å². The van der Waals surface area contributed by atoms with Gasteiger partial charge in [0.05, 0.1) is 17.3 Å². The van der Waals surface area contributed by atoms with Crippen LogP contribution in [0.2, 0.25) is 5.02 Å². The first-order valence-corrected chi connectivity index (χ1v) is 4.90. The molecule has 2 rings (SSSR count). The third-order valence-corrected chi connectivity index (χ3v) is 2.39. The summed E-state index contributed by atoms with van der Waals surface area (Å²) in [5, 5.41) is 13.0. The Labute approximate surface area is 97.1 Å². The van der Waals surface area contributed by atoms with Gasteiger partial charge in [0.1, 0.15) is 12.4 Å². The third kappa shape index (κ3) is 2.12. The van der Waals surface area contributed by atoms with Crippen molar-refractivity contribution in [3.63, 3.8) is 0 Å². The minimum absolute atomic E-state index is 0.155. The standard InChI is InChI=1S/C10H8ClN5/c11-8-2-1-7(3-9(8)13)5-16-6-14-10(4-12)15-16/h1-3,6H,5,13H2. The van der Waals surface area contributed by atoms with Crippen LogP contribution < -0.4 is 5.73 Å². The van der Waals surface area contributed by atoms with Crippen LogP contribution in [-0.4, -0.2) is 14.8 Å². The maximum absolute atomic E-state index is 8.57. The number of halogens is 1. The molecule has 1 aromatic carbocycles. The van der Waals surface area contributed by atoms with Gasteiger partial charge in [-0.1, -0.05) is 17.7 Å². The Morgan fingerprint density at radius 1 is 1.50 bits per heavy atom. The van der Waals surface area contributed by atoms with E-state index < -0.39 is 0 Å². The summed E-state index contributed by atoms with van der Waals surface area (Å²) in [6, 6.07) is 7.22. The summed E-state index contributed by atoms with van der Waals surface area (Å²) in [6.07, 6.45) is 1.50. The van der Waals surface area contributed by atoms with Crippen molar-refractivity contribution < 1.29 is 0 Å². The molecule has 0 aliphatic carbocycles. The van der Waals surface area contributed by atoms with E-state index in [1.54, 1.807) is 16.8 Å². The number of rotatable bonds is 2. The van der Waals surface area contributed by atoms with E-state index in [2.05, 4.69) is 10.1 Å². The van der Waals surface area contributed by atoms with Crippen molar-refractivity contribution in [2.75, 3.05) is 5.73 Å². The average molecular weight is 234 g/mol. The topological polar surface area (TPSA) is 80.5 Å². The van der Waals surface area contributed by atoms with Gasteiger partial charge < -0.3 is 5.73 Å². The molecule has 0 aliphatic rings. The van der Waals surface area contributed by atoms with Gasteiger partial charge >= 0.3 is 0 Å². The fourth-order valence-corrected chi connectivity index (χ4v) is 1.42. The second-order valence-electron chi connectivity index (χ2n) is 3.23. The van der Waals surface area contributed by atoms with E-state index in [0.717, 1.165) is 5.56 Å². The SMILES string of the molecule is N#Cc1ncn(Cc2ccc(Cl)c(N)c2)n1. The zero-order chi connectivity index (χ0) is 11.5. The van der Waals surface area contributed by atoms with E-state index in [4.69, 9.17) is 22.6 Å². The molecule has 0 saturated carbocycles. The van der Waals surface area contributed by atoms with Crippen molar-refractivity contribution in [1.82, 2.24) is 14.8 Å². The van der Waals surface area contributed by atoms with Crippen molar-refractivity contribution in [3.05, 3.63) is 40.9 Å². The molecule has 16 heavy (non-hydrogen) atoms. The van der Waals surface area contributed by atoms with Crippen LogP contribution in [-0.2, 0) is 6.54 Å². The van der Waals surface area contributed by atoms with Crippen LogP contribution >= 0.6 is 11.6 Å². The van der Waals surface area contributed by atoms with Gasteiger partial charge in [-0.15, -0.1) is 5.10 Å². The molecule has 0 amide bonds. The lowest BCUT2D eigenvalue weighted by Gasteiger charge is -2.03. The fourth-order valence-electron chi connectivity index (χ4n) is 1.30. The molecule has 0 spiro atoms. The highest BCUT2D eigenvalue weighted by Gasteiger charge is 2.02. The number of hydrogen-bond donors (Lipinski definition) is 1. The lowest BCUT2D eigenvalue weighted by molar-refractivity contribution is 0.682. The second-order valence-corrected chi connectivity index (χ2v) is 3.64. The van der Waals surface area contributed by atoms with E-state index in [1.807, 2.05) is 12.1 Å². The number of hydrogen-bond acceptors (Lipinski definition) is 4. The van der Waals surface area contributed by atoms with Crippen molar-refractivity contribution in [2.45, 2.75) is 6.54 Å². The van der Waals surface area contributed by atoms with Gasteiger partial charge in [0, 0.05) is 0 Å². The summed E-state index contributed by atoms with van der Waals surface area (Å²) >= 11 is 5.81. The second kappa shape index (κ2) is 4.21. The quantitative estimate of drug-likeness (QED) is 0.796. The average Bonchev–Trinajstić information content (AvgIpc) is 2.71. The Bertz CT molecular complexity index is 555. The van der Waals surface area contributed by atoms with Crippen LogP contribution in [0.25, 0.3) is 0 Å². The van der Waals surface area contributed by atoms with Gasteiger partial charge in [0.15, 0.2) is 0 Å². The number of anilines is 1. The maximum Gasteiger partial charge on any atom is 0.252 e. The molecular weight excluding hydrogens is 226 g/mol. The summed E-state index contributed by atoms with van der Waals surface area (Å²) < 4.78 is 1.57. The number of nitrogens with two attached hydrogens (primary N) is 1. The van der Waals surface area contributed by atoms with E-state index in [9.17, 15) is 0 Å². The number of benzene rings is 1. The Balaban J connectivity index is 2.21. The van der Waals surface area contributed by atoms with Crippen molar-refractivity contribution in [1.29, 1.82) is 5.26 Å². The molecule has 2 N–H and O–H groups in total. The first-order valence-electron chi connectivity index (χ1n) is 4.52. The fraction of sp³-hybridized carbons (Fsp3) is 0.100. The zero-order valence-corrected chi connectivity index (χ0v) is 9.02. The van der Waals surface area contributed by atoms with Gasteiger partial charge in [-0.2, -0.15) is 5.26 Å². The minimum atomic E-state index is 0.155. The van der Waals surface area contributed by atoms with Crippen LogP contribution in [0.3, 0.4) is 0 Å². The summed E-state index contributed by atoms with van der Waals surface area (Å²) in [5.74, 6) is 0.155. The Morgan fingerprint density at radius 2 is 2.31 bits per heavy atom. The molecule has 0 bridgehead atoms. The van der Waals surface area contributed by atoms with Crippen LogP contribution in [0, 0.1) is 11.3 Å². The van der Waals surface area contributed by atoms with Crippen LogP contribution in [0.5, 0.6) is 0 Å². The van der Waals surface area contributed by atoms with Crippen LogP contribution in [0.15, 0.2) is 24.5 Å². The Kier molecular flexibility index (Phi) is 2.75. The molecule has 0 saturated heterocycles. The summed E-state index contributed by atoms with van der Waals surface area (Å²) in [7, 11) is 0. The minimum Gasteiger partial charge on any atom is -0.398 e. The molecule has 0 radical (unpaired) electrons. The van der Waals surface area contributed by atoms with Gasteiger partial charge in [0.25, 0.3) is 5.82 Å². The Hall–Kier alpha value is -2.06. The number of nitrogen functional groups attached to an aromatic ring is 1. The van der Waals surface area contributed by atoms with Crippen molar-refractivity contribution in [3.8, 4) is 6.07 Å². The maximum atomic E-state index is 8.57. The van der Waals surface area contributed by atoms with Gasteiger partial charge in [0.2, 0.25) is 0 Å². The first kappa shape index (κ1) is 10.5. The predicted molar refractivity (Wildman–Crippen MR) is 59.7 cm³/mol. The normalized spacial score (nSPS) is 10.0. The smallest absolute Gasteiger partial charge is 0.252 e. The third-order valence-electron chi connectivity index (χ3n) is 2.04. The Morgan fingerprint density at radius 3 is 2.94 bits per heavy atom. The highest BCUT2D eigenvalue weighted by Crippen LogP contribution is 2.19. The van der Waals surface area contributed by atoms with E-state index in [1.165, 1.54) is 6.33 Å². The highest BCUT2D eigenvalue weighted by molar-refractivity contribution is 6.33. The van der Waals surface area contributed by atoms with Crippen LogP contribution in [0.1, 0.15) is 11.4 Å². The molecule has 1 heterocycles. The predicted octanol–water partition coefficient (Wildman–Crippen LogP) is 1.43. The zero-order valence-electron chi connectivity index (χ0n) is 8.26. The molecule has 0 fully saturated rings. The molecular formula is C10H8ClN5. The number of nitrogens with zero attached hydrogens (tertiary/aromatic N) is 4. The first-order chi connectivity index (χ1) is 7.69. The highest BCUT2D eigenvalue weighted by atomic mass is 35.5. The van der Waals surface area contributed by atoms with Gasteiger partial charge in [-0.3, -0.25) is 0 Å². The van der Waals surface area contributed by atoms with Crippen molar-refractivity contribution >= 4 is 17.3 Å².